The molecule has 9 aromatic carbocycles. The van der Waals surface area contributed by atoms with Crippen molar-refractivity contribution in [2.45, 2.75) is 0 Å². The number of aromatic nitrogens is 4. The maximum Gasteiger partial charge on any atom is 0.227 e. The quantitative estimate of drug-likeness (QED) is 0.163. The van der Waals surface area contributed by atoms with Gasteiger partial charge in [0.1, 0.15) is 16.7 Å². The van der Waals surface area contributed by atoms with E-state index < -0.39 is 0 Å². The van der Waals surface area contributed by atoms with Gasteiger partial charge in [-0.3, -0.25) is 0 Å². The molecular weight excluding hydrogens is 713 g/mol. The highest BCUT2D eigenvalue weighted by Crippen LogP contribution is 2.40. The summed E-state index contributed by atoms with van der Waals surface area (Å²) in [6.07, 6.45) is 0. The van der Waals surface area contributed by atoms with E-state index in [0.717, 1.165) is 98.7 Å². The molecule has 0 aliphatic rings. The van der Waals surface area contributed by atoms with Crippen LogP contribution in [-0.4, -0.2) is 19.9 Å². The highest BCUT2D eigenvalue weighted by Gasteiger charge is 2.18. The Bertz CT molecular complexity index is 3570. The van der Waals surface area contributed by atoms with E-state index in [4.69, 9.17) is 28.8 Å². The summed E-state index contributed by atoms with van der Waals surface area (Å²) in [5, 5.41) is 8.70. The predicted molar refractivity (Wildman–Crippen MR) is 234 cm³/mol. The fourth-order valence-electron chi connectivity index (χ4n) is 8.29. The van der Waals surface area contributed by atoms with E-state index in [1.54, 1.807) is 0 Å². The van der Waals surface area contributed by atoms with Crippen molar-refractivity contribution >= 4 is 65.4 Å². The zero-order chi connectivity index (χ0) is 38.2. The summed E-state index contributed by atoms with van der Waals surface area (Å²) in [5.41, 5.74) is 9.05. The van der Waals surface area contributed by atoms with Crippen LogP contribution in [-0.2, 0) is 0 Å². The molecule has 0 fully saturated rings. The number of para-hydroxylation sites is 1. The molecule has 58 heavy (non-hydrogen) atoms. The summed E-state index contributed by atoms with van der Waals surface area (Å²) in [5.74, 6) is 2.35. The lowest BCUT2D eigenvalue weighted by atomic mass is 9.95. The highest BCUT2D eigenvalue weighted by molar-refractivity contribution is 6.26. The van der Waals surface area contributed by atoms with E-state index in [9.17, 15) is 0 Å². The Morgan fingerprint density at radius 2 is 0.879 bits per heavy atom. The van der Waals surface area contributed by atoms with Crippen LogP contribution in [0.25, 0.3) is 122 Å². The maximum absolute atomic E-state index is 6.56. The smallest absolute Gasteiger partial charge is 0.227 e. The summed E-state index contributed by atoms with van der Waals surface area (Å²) in [7, 11) is 0. The first kappa shape index (κ1) is 32.3. The third kappa shape index (κ3) is 5.27. The molecule has 270 valence electrons. The summed E-state index contributed by atoms with van der Waals surface area (Å²) in [4.78, 5) is 20.3. The number of hydrogen-bond donors (Lipinski definition) is 0. The second kappa shape index (κ2) is 12.8. The molecule has 0 saturated heterocycles. The molecule has 0 aliphatic heterocycles. The van der Waals surface area contributed by atoms with Crippen molar-refractivity contribution in [3.63, 3.8) is 0 Å². The molecular formula is C52H30N4O2. The monoisotopic (exact) mass is 742 g/mol. The van der Waals surface area contributed by atoms with Crippen molar-refractivity contribution < 1.29 is 8.83 Å². The average molecular weight is 743 g/mol. The minimum atomic E-state index is 0.569. The molecule has 0 radical (unpaired) electrons. The maximum atomic E-state index is 6.56. The first-order valence-electron chi connectivity index (χ1n) is 19.3. The largest absolute Gasteiger partial charge is 0.456 e. The van der Waals surface area contributed by atoms with Gasteiger partial charge in [0, 0.05) is 43.8 Å². The van der Waals surface area contributed by atoms with Crippen molar-refractivity contribution in [2.75, 3.05) is 0 Å². The Hall–Kier alpha value is -7.96. The number of furan rings is 1. The minimum Gasteiger partial charge on any atom is -0.456 e. The number of hydrogen-bond acceptors (Lipinski definition) is 6. The first-order chi connectivity index (χ1) is 28.7. The number of rotatable bonds is 5. The van der Waals surface area contributed by atoms with E-state index in [-0.39, 0.29) is 0 Å². The second-order valence-electron chi connectivity index (χ2n) is 14.6. The van der Waals surface area contributed by atoms with Crippen LogP contribution in [0.3, 0.4) is 0 Å². The molecule has 0 aliphatic carbocycles. The summed E-state index contributed by atoms with van der Waals surface area (Å²) in [6, 6.07) is 62.4. The van der Waals surface area contributed by atoms with Gasteiger partial charge >= 0.3 is 0 Å². The van der Waals surface area contributed by atoms with Crippen molar-refractivity contribution in [2.24, 2.45) is 0 Å². The molecule has 3 heterocycles. The normalized spacial score (nSPS) is 11.8. The Morgan fingerprint density at radius 1 is 0.310 bits per heavy atom. The van der Waals surface area contributed by atoms with Crippen LogP contribution in [0.2, 0.25) is 0 Å². The van der Waals surface area contributed by atoms with Gasteiger partial charge < -0.3 is 8.83 Å². The molecule has 0 spiro atoms. The predicted octanol–water partition coefficient (Wildman–Crippen LogP) is 13.7. The lowest BCUT2D eigenvalue weighted by Gasteiger charge is -2.12. The zero-order valence-electron chi connectivity index (χ0n) is 30.9. The third-order valence-corrected chi connectivity index (χ3v) is 11.1. The van der Waals surface area contributed by atoms with E-state index in [1.165, 1.54) is 0 Å². The molecule has 0 atom stereocenters. The number of benzene rings is 9. The average Bonchev–Trinajstić information content (AvgIpc) is 3.91. The highest BCUT2D eigenvalue weighted by atomic mass is 16.3. The Balaban J connectivity index is 1.04. The summed E-state index contributed by atoms with van der Waals surface area (Å²) >= 11 is 0. The molecule has 12 rings (SSSR count). The topological polar surface area (TPSA) is 77.8 Å². The first-order valence-corrected chi connectivity index (χ1v) is 19.3. The van der Waals surface area contributed by atoms with Crippen LogP contribution in [0.15, 0.2) is 191 Å². The molecule has 6 heteroatoms. The van der Waals surface area contributed by atoms with Gasteiger partial charge in [-0.25, -0.2) is 19.9 Å². The van der Waals surface area contributed by atoms with Gasteiger partial charge in [-0.15, -0.1) is 0 Å². The third-order valence-electron chi connectivity index (χ3n) is 11.1. The van der Waals surface area contributed by atoms with Crippen molar-refractivity contribution in [1.82, 2.24) is 19.9 Å². The van der Waals surface area contributed by atoms with Crippen LogP contribution >= 0.6 is 0 Å². The van der Waals surface area contributed by atoms with Gasteiger partial charge in [-0.05, 0) is 81.2 Å². The van der Waals surface area contributed by atoms with E-state index in [1.807, 2.05) is 66.7 Å². The Kier molecular flexibility index (Phi) is 7.13. The molecule has 0 N–H and O–H groups in total. The second-order valence-corrected chi connectivity index (χ2v) is 14.6. The summed E-state index contributed by atoms with van der Waals surface area (Å²) < 4.78 is 12.9. The van der Waals surface area contributed by atoms with Gasteiger partial charge in [-0.2, -0.15) is 0 Å². The number of oxazole rings is 1. The van der Waals surface area contributed by atoms with E-state index in [2.05, 4.69) is 115 Å². The van der Waals surface area contributed by atoms with Crippen LogP contribution < -0.4 is 0 Å². The molecule has 3 aromatic heterocycles. The van der Waals surface area contributed by atoms with E-state index >= 15 is 0 Å². The Labute approximate surface area is 331 Å². The minimum absolute atomic E-state index is 0.569. The fraction of sp³-hybridized carbons (Fsp3) is 0. The van der Waals surface area contributed by atoms with Crippen LogP contribution in [0.4, 0.5) is 0 Å². The molecule has 12 aromatic rings. The van der Waals surface area contributed by atoms with Crippen LogP contribution in [0, 0.1) is 0 Å². The Morgan fingerprint density at radius 3 is 1.66 bits per heavy atom. The molecule has 6 nitrogen and oxygen atoms in total. The fourth-order valence-corrected chi connectivity index (χ4v) is 8.29. The molecule has 0 saturated carbocycles. The van der Waals surface area contributed by atoms with Gasteiger partial charge in [0.15, 0.2) is 23.1 Å². The summed E-state index contributed by atoms with van der Waals surface area (Å²) in [6.45, 7) is 0. The lowest BCUT2D eigenvalue weighted by molar-refractivity contribution is 0.623. The van der Waals surface area contributed by atoms with Crippen LogP contribution in [0.5, 0.6) is 0 Å². The van der Waals surface area contributed by atoms with Gasteiger partial charge in [0.2, 0.25) is 5.89 Å². The van der Waals surface area contributed by atoms with Crippen molar-refractivity contribution in [3.8, 4) is 56.7 Å². The van der Waals surface area contributed by atoms with Crippen LogP contribution in [0.1, 0.15) is 0 Å². The number of nitrogens with zero attached hydrogens (tertiary/aromatic N) is 4. The van der Waals surface area contributed by atoms with Crippen molar-refractivity contribution in [1.29, 1.82) is 0 Å². The molecule has 0 bridgehead atoms. The van der Waals surface area contributed by atoms with Gasteiger partial charge in [-0.1, -0.05) is 133 Å². The van der Waals surface area contributed by atoms with E-state index in [0.29, 0.717) is 23.4 Å². The lowest BCUT2D eigenvalue weighted by Crippen LogP contribution is -2.00. The SMILES string of the molecule is c1ccc(-c2cccc(-c3nc(-c4ccc5c(ccc6ccc7ccc8nc(-c9ccccc9)oc8c7c65)c4)nc(-c4ccc5c(c4)oc4ccccc45)n3)c2)cc1. The molecule has 0 unspecified atom stereocenters. The van der Waals surface area contributed by atoms with Gasteiger partial charge in [0.25, 0.3) is 0 Å². The van der Waals surface area contributed by atoms with Crippen molar-refractivity contribution in [3.05, 3.63) is 182 Å². The number of fused-ring (bicyclic) bond motifs is 10. The van der Waals surface area contributed by atoms with Gasteiger partial charge in [0.05, 0.1) is 0 Å². The standard InChI is InChI=1S/C52H30N4O2/c1-3-10-31(11-4-1)35-14-9-15-37(28-35)49-54-50(56-51(55-49)39-23-26-42-41-16-7-8-17-44(41)57-45(42)30-39)38-22-25-40-36(29-38)21-20-32-18-19-33-24-27-43-48(47(33)46(32)40)58-52(53-43)34-12-5-2-6-13-34/h1-30H. The zero-order valence-corrected chi connectivity index (χ0v) is 30.9. The molecule has 0 amide bonds.